The van der Waals surface area contributed by atoms with Crippen molar-refractivity contribution < 1.29 is 4.79 Å². The third-order valence-corrected chi connectivity index (χ3v) is 5.91. The maximum Gasteiger partial charge on any atom is 0.352 e. The van der Waals surface area contributed by atoms with E-state index in [2.05, 4.69) is 10.4 Å². The Bertz CT molecular complexity index is 1480. The first kappa shape index (κ1) is 22.5. The molecule has 172 valence electrons. The molecule has 2 heterocycles. The molecule has 4 rings (SSSR count). The van der Waals surface area contributed by atoms with E-state index in [0.29, 0.717) is 16.5 Å². The van der Waals surface area contributed by atoms with Gasteiger partial charge in [0.1, 0.15) is 0 Å². The minimum Gasteiger partial charge on any atom is -0.350 e. The summed E-state index contributed by atoms with van der Waals surface area (Å²) in [6.07, 6.45) is 0.799. The first-order valence-electron chi connectivity index (χ1n) is 11.3. The van der Waals surface area contributed by atoms with Crippen LogP contribution in [0.15, 0.2) is 52.1 Å². The van der Waals surface area contributed by atoms with Crippen LogP contribution in [-0.4, -0.2) is 30.7 Å². The zero-order valence-electron chi connectivity index (χ0n) is 19.6. The van der Waals surface area contributed by atoms with Crippen molar-refractivity contribution in [2.24, 2.45) is 0 Å². The highest BCUT2D eigenvalue weighted by atomic mass is 16.2. The quantitative estimate of drug-likeness (QED) is 0.491. The number of rotatable bonds is 6. The first-order chi connectivity index (χ1) is 15.7. The van der Waals surface area contributed by atoms with Crippen molar-refractivity contribution >= 4 is 22.6 Å². The van der Waals surface area contributed by atoms with Crippen molar-refractivity contribution in [1.82, 2.24) is 24.1 Å². The summed E-state index contributed by atoms with van der Waals surface area (Å²) in [5.41, 5.74) is 2.20. The van der Waals surface area contributed by atoms with Gasteiger partial charge in [-0.1, -0.05) is 36.8 Å². The third-order valence-electron chi connectivity index (χ3n) is 5.91. The SMILES string of the molecule is CCC(C)NC(=O)c1ccc2c(=O)n(C(C)C)c3nn(Cc4cccc(C)c4)c(=O)n3c2c1. The predicted molar refractivity (Wildman–Crippen MR) is 129 cm³/mol. The van der Waals surface area contributed by atoms with E-state index in [9.17, 15) is 14.4 Å². The molecule has 2 aromatic heterocycles. The molecular formula is C25H29N5O3. The third kappa shape index (κ3) is 4.08. The fourth-order valence-electron chi connectivity index (χ4n) is 3.98. The number of fused-ring (bicyclic) bond motifs is 3. The van der Waals surface area contributed by atoms with Crippen LogP contribution in [0.5, 0.6) is 0 Å². The van der Waals surface area contributed by atoms with Gasteiger partial charge in [0.2, 0.25) is 5.78 Å². The van der Waals surface area contributed by atoms with Gasteiger partial charge in [0.15, 0.2) is 0 Å². The smallest absolute Gasteiger partial charge is 0.350 e. The number of hydrogen-bond donors (Lipinski definition) is 1. The Morgan fingerprint density at radius 1 is 1.09 bits per heavy atom. The summed E-state index contributed by atoms with van der Waals surface area (Å²) in [5, 5.41) is 7.83. The number of aryl methyl sites for hydroxylation is 1. The van der Waals surface area contributed by atoms with Crippen molar-refractivity contribution in [3.8, 4) is 0 Å². The number of hydrogen-bond acceptors (Lipinski definition) is 4. The van der Waals surface area contributed by atoms with Crippen LogP contribution in [-0.2, 0) is 6.54 Å². The van der Waals surface area contributed by atoms with Gasteiger partial charge >= 0.3 is 5.69 Å². The molecule has 4 aromatic rings. The number of amides is 1. The number of carbonyl (C=O) groups is 1. The molecule has 0 saturated carbocycles. The molecule has 0 aliphatic heterocycles. The van der Waals surface area contributed by atoms with E-state index in [-0.39, 0.29) is 41.6 Å². The normalized spacial score (nSPS) is 12.5. The average molecular weight is 448 g/mol. The summed E-state index contributed by atoms with van der Waals surface area (Å²) in [6.45, 7) is 9.95. The van der Waals surface area contributed by atoms with Crippen molar-refractivity contribution in [3.63, 3.8) is 0 Å². The molecule has 1 amide bonds. The fraction of sp³-hybridized carbons (Fsp3) is 0.360. The Labute approximate surface area is 191 Å². The molecule has 0 radical (unpaired) electrons. The summed E-state index contributed by atoms with van der Waals surface area (Å²) in [4.78, 5) is 39.5. The number of nitrogens with zero attached hydrogens (tertiary/aromatic N) is 4. The van der Waals surface area contributed by atoms with Crippen molar-refractivity contribution in [1.29, 1.82) is 0 Å². The molecular weight excluding hydrogens is 418 g/mol. The molecule has 0 bridgehead atoms. The standard InChI is InChI=1S/C25H29N5O3/c1-6-17(5)26-22(31)19-10-11-20-21(13-19)30-24(29(15(2)3)23(20)32)27-28(25(30)33)14-18-9-7-8-16(4)12-18/h7-13,15,17H,6,14H2,1-5H3,(H,26,31). The maximum absolute atomic E-state index is 13.5. The lowest BCUT2D eigenvalue weighted by atomic mass is 10.1. The van der Waals surface area contributed by atoms with Gasteiger partial charge in [-0.3, -0.25) is 14.2 Å². The van der Waals surface area contributed by atoms with Gasteiger partial charge in [0.05, 0.1) is 17.4 Å². The van der Waals surface area contributed by atoms with Gasteiger partial charge in [-0.15, -0.1) is 5.10 Å². The van der Waals surface area contributed by atoms with Gasteiger partial charge in [-0.05, 0) is 57.9 Å². The summed E-state index contributed by atoms with van der Waals surface area (Å²) in [5.74, 6) is 0.0206. The van der Waals surface area contributed by atoms with Gasteiger partial charge in [-0.25, -0.2) is 13.9 Å². The van der Waals surface area contributed by atoms with Crippen LogP contribution < -0.4 is 16.6 Å². The average Bonchev–Trinajstić information content (AvgIpc) is 3.08. The Hall–Kier alpha value is -3.68. The van der Waals surface area contributed by atoms with E-state index in [4.69, 9.17) is 0 Å². The molecule has 8 heteroatoms. The van der Waals surface area contributed by atoms with E-state index in [1.165, 1.54) is 13.6 Å². The Morgan fingerprint density at radius 2 is 1.85 bits per heavy atom. The van der Waals surface area contributed by atoms with Crippen LogP contribution >= 0.6 is 0 Å². The van der Waals surface area contributed by atoms with Crippen LogP contribution in [0.25, 0.3) is 16.7 Å². The zero-order chi connectivity index (χ0) is 23.9. The Kier molecular flexibility index (Phi) is 5.93. The van der Waals surface area contributed by atoms with Gasteiger partial charge < -0.3 is 5.32 Å². The molecule has 0 saturated heterocycles. The van der Waals surface area contributed by atoms with E-state index >= 15 is 0 Å². The molecule has 1 atom stereocenters. The van der Waals surface area contributed by atoms with Crippen LogP contribution in [0.1, 0.15) is 61.6 Å². The van der Waals surface area contributed by atoms with Crippen molar-refractivity contribution in [2.75, 3.05) is 0 Å². The lowest BCUT2D eigenvalue weighted by Crippen LogP contribution is -2.32. The summed E-state index contributed by atoms with van der Waals surface area (Å²) < 4.78 is 4.33. The van der Waals surface area contributed by atoms with E-state index in [0.717, 1.165) is 17.5 Å². The van der Waals surface area contributed by atoms with E-state index in [1.807, 2.05) is 58.9 Å². The van der Waals surface area contributed by atoms with Crippen molar-refractivity contribution in [2.45, 2.75) is 59.7 Å². The summed E-state index contributed by atoms with van der Waals surface area (Å²) in [7, 11) is 0. The molecule has 0 fully saturated rings. The molecule has 2 aromatic carbocycles. The molecule has 1 unspecified atom stereocenters. The summed E-state index contributed by atoms with van der Waals surface area (Å²) in [6, 6.07) is 12.5. The topological polar surface area (TPSA) is 90.4 Å². The molecule has 0 aliphatic rings. The summed E-state index contributed by atoms with van der Waals surface area (Å²) >= 11 is 0. The highest BCUT2D eigenvalue weighted by Gasteiger charge is 2.20. The number of aromatic nitrogens is 4. The molecule has 0 spiro atoms. The number of nitrogens with one attached hydrogen (secondary N) is 1. The highest BCUT2D eigenvalue weighted by molar-refractivity contribution is 5.98. The number of carbonyl (C=O) groups excluding carboxylic acids is 1. The number of benzene rings is 2. The van der Waals surface area contributed by atoms with Crippen molar-refractivity contribution in [3.05, 3.63) is 80.0 Å². The van der Waals surface area contributed by atoms with Crippen LogP contribution in [0.2, 0.25) is 0 Å². The van der Waals surface area contributed by atoms with Gasteiger partial charge in [-0.2, -0.15) is 0 Å². The van der Waals surface area contributed by atoms with Gasteiger partial charge in [0, 0.05) is 17.6 Å². The van der Waals surface area contributed by atoms with E-state index in [1.54, 1.807) is 18.2 Å². The van der Waals surface area contributed by atoms with Crippen LogP contribution in [0, 0.1) is 6.92 Å². The molecule has 33 heavy (non-hydrogen) atoms. The fourth-order valence-corrected chi connectivity index (χ4v) is 3.98. The second kappa shape index (κ2) is 8.69. The molecule has 0 aliphatic carbocycles. The van der Waals surface area contributed by atoms with E-state index < -0.39 is 0 Å². The maximum atomic E-state index is 13.5. The second-order valence-electron chi connectivity index (χ2n) is 8.85. The van der Waals surface area contributed by atoms with Gasteiger partial charge in [0.25, 0.3) is 11.5 Å². The monoisotopic (exact) mass is 447 g/mol. The lowest BCUT2D eigenvalue weighted by molar-refractivity contribution is 0.0939. The minimum atomic E-state index is -0.356. The van der Waals surface area contributed by atoms with Crippen LogP contribution in [0.3, 0.4) is 0 Å². The predicted octanol–water partition coefficient (Wildman–Crippen LogP) is 3.28. The Balaban J connectivity index is 1.97. The Morgan fingerprint density at radius 3 is 2.52 bits per heavy atom. The lowest BCUT2D eigenvalue weighted by Gasteiger charge is -2.14. The minimum absolute atomic E-state index is 0.0157. The zero-order valence-corrected chi connectivity index (χ0v) is 19.6. The highest BCUT2D eigenvalue weighted by Crippen LogP contribution is 2.17. The molecule has 1 N–H and O–H groups in total. The molecule has 8 nitrogen and oxygen atoms in total. The largest absolute Gasteiger partial charge is 0.352 e. The second-order valence-corrected chi connectivity index (χ2v) is 8.85. The first-order valence-corrected chi connectivity index (χ1v) is 11.3. The van der Waals surface area contributed by atoms with Crippen LogP contribution in [0.4, 0.5) is 0 Å².